The van der Waals surface area contributed by atoms with Crippen molar-refractivity contribution < 1.29 is 58.3 Å². The first-order chi connectivity index (χ1) is 25.5. The third-order valence-electron chi connectivity index (χ3n) is 9.56. The van der Waals surface area contributed by atoms with Gasteiger partial charge in [-0.2, -0.15) is 0 Å². The first-order valence-electron chi connectivity index (χ1n) is 20.7. The molecule has 1 fully saturated rings. The molecule has 0 amide bonds. The van der Waals surface area contributed by atoms with Crippen LogP contribution in [0.1, 0.15) is 162 Å². The van der Waals surface area contributed by atoms with E-state index in [4.69, 9.17) is 18.5 Å². The SMILES string of the molecule is CCC/C=C\C/C=C\CCCCCCCCOCC(COP(=O)(O)OC1C(O)C(O)C(O)C(O)C1O)OC(=O)CCCCCCCCCCCCCC. The number of carbonyl (C=O) groups excluding carboxylic acids is 1. The van der Waals surface area contributed by atoms with Crippen molar-refractivity contribution in [2.75, 3.05) is 19.8 Å². The average Bonchev–Trinajstić information content (AvgIpc) is 3.14. The van der Waals surface area contributed by atoms with Crippen molar-refractivity contribution in [3.05, 3.63) is 24.3 Å². The number of rotatable bonds is 34. The molecule has 0 radical (unpaired) electrons. The lowest BCUT2D eigenvalue weighted by atomic mass is 9.85. The number of phosphoric acid groups is 1. The zero-order valence-electron chi connectivity index (χ0n) is 32.8. The lowest BCUT2D eigenvalue weighted by Crippen LogP contribution is -2.64. The molecule has 1 aliphatic carbocycles. The topological polar surface area (TPSA) is 192 Å². The van der Waals surface area contributed by atoms with Gasteiger partial charge in [0.2, 0.25) is 0 Å². The molecular formula is C40H75O12P. The lowest BCUT2D eigenvalue weighted by molar-refractivity contribution is -0.220. The van der Waals surface area contributed by atoms with Crippen LogP contribution in [0.15, 0.2) is 24.3 Å². The molecule has 0 bridgehead atoms. The third kappa shape index (κ3) is 24.8. The Labute approximate surface area is 320 Å². The van der Waals surface area contributed by atoms with Gasteiger partial charge in [0.1, 0.15) is 42.7 Å². The number of carbonyl (C=O) groups is 1. The van der Waals surface area contributed by atoms with Crippen LogP contribution in [-0.2, 0) is 27.9 Å². The van der Waals surface area contributed by atoms with Gasteiger partial charge in [0.25, 0.3) is 0 Å². The van der Waals surface area contributed by atoms with Gasteiger partial charge in [-0.25, -0.2) is 4.57 Å². The maximum Gasteiger partial charge on any atom is 0.472 e. The van der Waals surface area contributed by atoms with Crippen molar-refractivity contribution in [1.82, 2.24) is 0 Å². The molecule has 0 spiro atoms. The first kappa shape index (κ1) is 49.8. The highest BCUT2D eigenvalue weighted by molar-refractivity contribution is 7.47. The van der Waals surface area contributed by atoms with E-state index in [9.17, 15) is 39.8 Å². The second-order valence-corrected chi connectivity index (χ2v) is 15.9. The summed E-state index contributed by atoms with van der Waals surface area (Å²) in [5.41, 5.74) is 0. The number of hydrogen-bond donors (Lipinski definition) is 6. The Bertz CT molecular complexity index is 979. The van der Waals surface area contributed by atoms with Gasteiger partial charge in [-0.15, -0.1) is 0 Å². The molecule has 6 atom stereocenters. The molecule has 312 valence electrons. The summed E-state index contributed by atoms with van der Waals surface area (Å²) in [4.78, 5) is 23.0. The largest absolute Gasteiger partial charge is 0.472 e. The number of hydrogen-bond acceptors (Lipinski definition) is 11. The number of aliphatic hydroxyl groups excluding tert-OH is 5. The van der Waals surface area contributed by atoms with Gasteiger partial charge in [0.05, 0.1) is 13.2 Å². The Balaban J connectivity index is 2.45. The van der Waals surface area contributed by atoms with Gasteiger partial charge in [0.15, 0.2) is 0 Å². The van der Waals surface area contributed by atoms with E-state index in [0.717, 1.165) is 70.6 Å². The van der Waals surface area contributed by atoms with Gasteiger partial charge in [0, 0.05) is 13.0 Å². The summed E-state index contributed by atoms with van der Waals surface area (Å²) in [5, 5.41) is 50.0. The molecule has 1 saturated carbocycles. The highest BCUT2D eigenvalue weighted by Gasteiger charge is 2.51. The van der Waals surface area contributed by atoms with Crippen molar-refractivity contribution >= 4 is 13.8 Å². The molecule has 0 aliphatic heterocycles. The van der Waals surface area contributed by atoms with Crippen LogP contribution in [0.2, 0.25) is 0 Å². The quantitative estimate of drug-likeness (QED) is 0.0165. The van der Waals surface area contributed by atoms with E-state index in [-0.39, 0.29) is 13.0 Å². The highest BCUT2D eigenvalue weighted by Crippen LogP contribution is 2.47. The molecule has 1 aliphatic rings. The Morgan fingerprint density at radius 1 is 0.604 bits per heavy atom. The standard InChI is InChI=1S/C40H75O12P/c1-3-5-7-9-11-13-15-17-18-20-22-24-26-28-30-49-31-33(51-34(41)29-27-25-23-21-19-16-14-12-10-8-6-4-2)32-50-53(47,48)52-40-38(45)36(43)35(42)37(44)39(40)46/h7,9,13,15,33,35-40,42-46H,3-6,8,10-12,14,16-32H2,1-2H3,(H,47,48)/b9-7-,15-13-. The van der Waals surface area contributed by atoms with Gasteiger partial charge >= 0.3 is 13.8 Å². The predicted octanol–water partition coefficient (Wildman–Crippen LogP) is 7.36. The lowest BCUT2D eigenvalue weighted by Gasteiger charge is -2.41. The summed E-state index contributed by atoms with van der Waals surface area (Å²) in [7, 11) is -5.01. The third-order valence-corrected chi connectivity index (χ3v) is 10.5. The van der Waals surface area contributed by atoms with Crippen LogP contribution in [0.3, 0.4) is 0 Å². The number of allylic oxidation sites excluding steroid dienone is 4. The summed E-state index contributed by atoms with van der Waals surface area (Å²) < 4.78 is 34.0. The highest BCUT2D eigenvalue weighted by atomic mass is 31.2. The molecule has 53 heavy (non-hydrogen) atoms. The normalized spacial score (nSPS) is 23.8. The Kier molecular flexibility index (Phi) is 30.1. The van der Waals surface area contributed by atoms with Crippen LogP contribution in [-0.4, -0.2) is 98.9 Å². The molecule has 0 aromatic carbocycles. The van der Waals surface area contributed by atoms with Gasteiger partial charge in [-0.1, -0.05) is 141 Å². The smallest absolute Gasteiger partial charge is 0.457 e. The predicted molar refractivity (Wildman–Crippen MR) is 207 cm³/mol. The minimum atomic E-state index is -5.01. The fourth-order valence-electron chi connectivity index (χ4n) is 6.22. The van der Waals surface area contributed by atoms with Crippen molar-refractivity contribution in [3.8, 4) is 0 Å². The molecule has 12 nitrogen and oxygen atoms in total. The van der Waals surface area contributed by atoms with Crippen LogP contribution in [0.5, 0.6) is 0 Å². The fourth-order valence-corrected chi connectivity index (χ4v) is 7.19. The van der Waals surface area contributed by atoms with E-state index in [1.165, 1.54) is 64.2 Å². The fraction of sp³-hybridized carbons (Fsp3) is 0.875. The van der Waals surface area contributed by atoms with E-state index in [1.807, 2.05) is 0 Å². The monoisotopic (exact) mass is 778 g/mol. The number of ether oxygens (including phenoxy) is 2. The summed E-state index contributed by atoms with van der Waals surface area (Å²) in [5.74, 6) is -0.482. The molecule has 0 saturated heterocycles. The van der Waals surface area contributed by atoms with Crippen LogP contribution < -0.4 is 0 Å². The van der Waals surface area contributed by atoms with Gasteiger partial charge in [-0.3, -0.25) is 13.8 Å². The van der Waals surface area contributed by atoms with Crippen LogP contribution in [0.4, 0.5) is 0 Å². The minimum absolute atomic E-state index is 0.0809. The zero-order valence-corrected chi connectivity index (χ0v) is 33.7. The average molecular weight is 779 g/mol. The summed E-state index contributed by atoms with van der Waals surface area (Å²) in [6, 6.07) is 0. The molecular weight excluding hydrogens is 703 g/mol. The second-order valence-electron chi connectivity index (χ2n) is 14.5. The molecule has 6 N–H and O–H groups in total. The van der Waals surface area contributed by atoms with Crippen molar-refractivity contribution in [2.45, 2.75) is 204 Å². The first-order valence-corrected chi connectivity index (χ1v) is 22.2. The van der Waals surface area contributed by atoms with E-state index in [1.54, 1.807) is 0 Å². The van der Waals surface area contributed by atoms with E-state index in [0.29, 0.717) is 13.0 Å². The van der Waals surface area contributed by atoms with Crippen LogP contribution in [0, 0.1) is 0 Å². The molecule has 0 heterocycles. The second kappa shape index (κ2) is 32.0. The molecule has 13 heteroatoms. The van der Waals surface area contributed by atoms with Crippen LogP contribution in [0.25, 0.3) is 0 Å². The molecule has 1 rings (SSSR count). The molecule has 0 aromatic rings. The number of aliphatic hydroxyl groups is 5. The number of esters is 1. The maximum atomic E-state index is 12.8. The Morgan fingerprint density at radius 2 is 1.09 bits per heavy atom. The van der Waals surface area contributed by atoms with Crippen molar-refractivity contribution in [1.29, 1.82) is 0 Å². The van der Waals surface area contributed by atoms with E-state index < -0.39 is 63.1 Å². The van der Waals surface area contributed by atoms with Gasteiger partial charge in [-0.05, 0) is 38.5 Å². The maximum absolute atomic E-state index is 12.8. The van der Waals surface area contributed by atoms with Crippen LogP contribution >= 0.6 is 7.82 Å². The molecule has 0 aromatic heterocycles. The summed E-state index contributed by atoms with van der Waals surface area (Å²) in [6.45, 7) is 4.15. The van der Waals surface area contributed by atoms with E-state index in [2.05, 4.69) is 38.2 Å². The van der Waals surface area contributed by atoms with E-state index >= 15 is 0 Å². The zero-order chi connectivity index (χ0) is 39.2. The Morgan fingerprint density at radius 3 is 1.66 bits per heavy atom. The van der Waals surface area contributed by atoms with Gasteiger partial charge < -0.3 is 39.9 Å². The summed E-state index contributed by atoms with van der Waals surface area (Å²) >= 11 is 0. The number of phosphoric ester groups is 1. The van der Waals surface area contributed by atoms with Crippen molar-refractivity contribution in [3.63, 3.8) is 0 Å². The van der Waals surface area contributed by atoms with Crippen molar-refractivity contribution in [2.24, 2.45) is 0 Å². The summed E-state index contributed by atoms with van der Waals surface area (Å²) in [6.07, 6.45) is 21.1. The Hall–Kier alpha value is -1.18. The molecule has 6 unspecified atom stereocenters. The minimum Gasteiger partial charge on any atom is -0.457 e. The number of unbranched alkanes of at least 4 members (excludes halogenated alkanes) is 18.